The predicted octanol–water partition coefficient (Wildman–Crippen LogP) is 3.82. The van der Waals surface area contributed by atoms with Gasteiger partial charge >= 0.3 is 0 Å². The standard InChI is InChI=1S/C13H10BrClN2O5S/c1-22-9-3-4-10(15)11(7-9)16-23(20,21)13-5-2-8(14)6-12(13)17(18)19/h2-7,16H,1H3. The van der Waals surface area contributed by atoms with Gasteiger partial charge < -0.3 is 4.74 Å². The van der Waals surface area contributed by atoms with Gasteiger partial charge in [-0.2, -0.15) is 0 Å². The summed E-state index contributed by atoms with van der Waals surface area (Å²) < 4.78 is 32.5. The fraction of sp³-hybridized carbons (Fsp3) is 0.0769. The van der Waals surface area contributed by atoms with Crippen LogP contribution in [-0.4, -0.2) is 20.5 Å². The van der Waals surface area contributed by atoms with E-state index in [-0.39, 0.29) is 10.7 Å². The van der Waals surface area contributed by atoms with Crippen LogP contribution in [-0.2, 0) is 10.0 Å². The van der Waals surface area contributed by atoms with Crippen molar-refractivity contribution in [2.24, 2.45) is 0 Å². The van der Waals surface area contributed by atoms with E-state index in [1.54, 1.807) is 6.07 Å². The number of methoxy groups -OCH3 is 1. The van der Waals surface area contributed by atoms with E-state index in [1.165, 1.54) is 25.3 Å². The molecule has 0 bridgehead atoms. The largest absolute Gasteiger partial charge is 0.497 e. The Hall–Kier alpha value is -1.84. The zero-order valence-electron chi connectivity index (χ0n) is 11.6. The Balaban J connectivity index is 2.50. The van der Waals surface area contributed by atoms with Crippen LogP contribution in [0.4, 0.5) is 11.4 Å². The van der Waals surface area contributed by atoms with Crippen LogP contribution in [0.5, 0.6) is 5.75 Å². The van der Waals surface area contributed by atoms with Gasteiger partial charge in [0.05, 0.1) is 22.7 Å². The molecule has 0 fully saturated rings. The van der Waals surface area contributed by atoms with Gasteiger partial charge in [0.15, 0.2) is 4.90 Å². The van der Waals surface area contributed by atoms with Crippen LogP contribution in [0.1, 0.15) is 0 Å². The summed E-state index contributed by atoms with van der Waals surface area (Å²) >= 11 is 9.02. The Bertz CT molecular complexity index is 873. The lowest BCUT2D eigenvalue weighted by Crippen LogP contribution is -2.15. The first-order valence-corrected chi connectivity index (χ1v) is 8.70. The van der Waals surface area contributed by atoms with E-state index < -0.39 is 25.5 Å². The number of hydrogen-bond acceptors (Lipinski definition) is 5. The minimum Gasteiger partial charge on any atom is -0.497 e. The summed E-state index contributed by atoms with van der Waals surface area (Å²) in [5.41, 5.74) is -0.492. The minimum atomic E-state index is -4.21. The maximum absolute atomic E-state index is 12.5. The number of sulfonamides is 1. The Morgan fingerprint density at radius 3 is 2.57 bits per heavy atom. The lowest BCUT2D eigenvalue weighted by molar-refractivity contribution is -0.387. The Morgan fingerprint density at radius 1 is 1.26 bits per heavy atom. The van der Waals surface area contributed by atoms with Crippen LogP contribution >= 0.6 is 27.5 Å². The molecule has 0 aliphatic heterocycles. The monoisotopic (exact) mass is 420 g/mol. The van der Waals surface area contributed by atoms with E-state index in [2.05, 4.69) is 20.7 Å². The summed E-state index contributed by atoms with van der Waals surface area (Å²) in [6, 6.07) is 8.04. The highest BCUT2D eigenvalue weighted by Gasteiger charge is 2.26. The van der Waals surface area contributed by atoms with Gasteiger partial charge in [-0.05, 0) is 24.3 Å². The third-order valence-corrected chi connectivity index (χ3v) is 5.06. The average molecular weight is 422 g/mol. The van der Waals surface area contributed by atoms with Crippen molar-refractivity contribution in [3.8, 4) is 5.75 Å². The van der Waals surface area contributed by atoms with E-state index in [4.69, 9.17) is 16.3 Å². The van der Waals surface area contributed by atoms with Crippen LogP contribution in [0.2, 0.25) is 5.02 Å². The zero-order valence-corrected chi connectivity index (χ0v) is 14.8. The number of ether oxygens (including phenoxy) is 1. The van der Waals surface area contributed by atoms with Crippen molar-refractivity contribution in [3.05, 3.63) is 56.0 Å². The first-order chi connectivity index (χ1) is 10.7. The van der Waals surface area contributed by atoms with Crippen LogP contribution in [0, 0.1) is 10.1 Å². The number of nitro groups is 1. The molecule has 0 spiro atoms. The summed E-state index contributed by atoms with van der Waals surface area (Å²) in [5.74, 6) is 0.386. The molecule has 0 aliphatic carbocycles. The zero-order chi connectivity index (χ0) is 17.2. The second-order valence-electron chi connectivity index (χ2n) is 4.32. The molecule has 0 aliphatic rings. The number of nitro benzene ring substituents is 1. The van der Waals surface area contributed by atoms with Crippen molar-refractivity contribution < 1.29 is 18.1 Å². The molecule has 2 aromatic rings. The molecular weight excluding hydrogens is 412 g/mol. The second kappa shape index (κ2) is 6.73. The molecule has 0 unspecified atom stereocenters. The lowest BCUT2D eigenvalue weighted by atomic mass is 10.3. The van der Waals surface area contributed by atoms with Crippen molar-refractivity contribution in [2.75, 3.05) is 11.8 Å². The van der Waals surface area contributed by atoms with E-state index in [0.717, 1.165) is 12.1 Å². The van der Waals surface area contributed by atoms with E-state index in [9.17, 15) is 18.5 Å². The molecule has 0 amide bonds. The molecule has 1 N–H and O–H groups in total. The average Bonchev–Trinajstić information content (AvgIpc) is 2.48. The Kier molecular flexibility index (Phi) is 5.12. The maximum atomic E-state index is 12.5. The van der Waals surface area contributed by atoms with Gasteiger partial charge in [0, 0.05) is 16.6 Å². The molecule has 10 heteroatoms. The first-order valence-electron chi connectivity index (χ1n) is 6.05. The SMILES string of the molecule is COc1ccc(Cl)c(NS(=O)(=O)c2ccc(Br)cc2[N+](=O)[O-])c1. The number of benzene rings is 2. The van der Waals surface area contributed by atoms with Gasteiger partial charge in [0.25, 0.3) is 15.7 Å². The topological polar surface area (TPSA) is 98.5 Å². The van der Waals surface area contributed by atoms with Crippen LogP contribution in [0.25, 0.3) is 0 Å². The quantitative estimate of drug-likeness (QED) is 0.584. The summed E-state index contributed by atoms with van der Waals surface area (Å²) in [4.78, 5) is 9.85. The molecule has 0 atom stereocenters. The fourth-order valence-corrected chi connectivity index (χ4v) is 3.56. The number of anilines is 1. The van der Waals surface area contributed by atoms with E-state index in [1.807, 2.05) is 0 Å². The van der Waals surface area contributed by atoms with Gasteiger partial charge in [-0.25, -0.2) is 8.42 Å². The molecule has 0 saturated carbocycles. The normalized spacial score (nSPS) is 11.1. The number of halogens is 2. The van der Waals surface area contributed by atoms with Crippen molar-refractivity contribution in [3.63, 3.8) is 0 Å². The van der Waals surface area contributed by atoms with Crippen molar-refractivity contribution in [1.29, 1.82) is 0 Å². The number of nitrogens with one attached hydrogen (secondary N) is 1. The molecule has 0 saturated heterocycles. The van der Waals surface area contributed by atoms with E-state index >= 15 is 0 Å². The Morgan fingerprint density at radius 2 is 1.96 bits per heavy atom. The molecule has 0 heterocycles. The summed E-state index contributed by atoms with van der Waals surface area (Å²) in [5, 5.41) is 11.2. The van der Waals surface area contributed by atoms with Crippen molar-refractivity contribution >= 4 is 48.9 Å². The molecule has 0 radical (unpaired) electrons. The highest BCUT2D eigenvalue weighted by atomic mass is 79.9. The second-order valence-corrected chi connectivity index (χ2v) is 7.29. The third kappa shape index (κ3) is 3.92. The number of nitrogens with zero attached hydrogens (tertiary/aromatic N) is 1. The predicted molar refractivity (Wildman–Crippen MR) is 89.6 cm³/mol. The lowest BCUT2D eigenvalue weighted by Gasteiger charge is -2.11. The molecule has 2 rings (SSSR count). The van der Waals surface area contributed by atoms with Gasteiger partial charge in [-0.3, -0.25) is 14.8 Å². The number of rotatable bonds is 5. The van der Waals surface area contributed by atoms with Gasteiger partial charge in [0.1, 0.15) is 5.75 Å². The first kappa shape index (κ1) is 17.5. The minimum absolute atomic E-state index is 0.0585. The number of hydrogen-bond donors (Lipinski definition) is 1. The highest BCUT2D eigenvalue weighted by molar-refractivity contribution is 9.10. The van der Waals surface area contributed by atoms with Crippen LogP contribution in [0.15, 0.2) is 45.8 Å². The van der Waals surface area contributed by atoms with Crippen molar-refractivity contribution in [2.45, 2.75) is 4.90 Å². The van der Waals surface area contributed by atoms with Gasteiger partial charge in [-0.15, -0.1) is 0 Å². The summed E-state index contributed by atoms with van der Waals surface area (Å²) in [6.07, 6.45) is 0. The summed E-state index contributed by atoms with van der Waals surface area (Å²) in [6.45, 7) is 0. The summed E-state index contributed by atoms with van der Waals surface area (Å²) in [7, 11) is -2.79. The fourth-order valence-electron chi connectivity index (χ4n) is 1.77. The van der Waals surface area contributed by atoms with Gasteiger partial charge in [-0.1, -0.05) is 27.5 Å². The van der Waals surface area contributed by atoms with E-state index in [0.29, 0.717) is 10.2 Å². The van der Waals surface area contributed by atoms with Gasteiger partial charge in [0.2, 0.25) is 0 Å². The molecule has 0 aromatic heterocycles. The molecular formula is C13H10BrClN2O5S. The smallest absolute Gasteiger partial charge is 0.291 e. The van der Waals surface area contributed by atoms with Crippen LogP contribution in [0.3, 0.4) is 0 Å². The molecule has 2 aromatic carbocycles. The third-order valence-electron chi connectivity index (χ3n) is 2.83. The molecule has 7 nitrogen and oxygen atoms in total. The van der Waals surface area contributed by atoms with Crippen molar-refractivity contribution in [1.82, 2.24) is 0 Å². The maximum Gasteiger partial charge on any atom is 0.291 e. The molecule has 23 heavy (non-hydrogen) atoms. The highest BCUT2D eigenvalue weighted by Crippen LogP contribution is 2.32. The molecule has 122 valence electrons. The Labute approximate surface area is 145 Å². The van der Waals surface area contributed by atoms with Crippen LogP contribution < -0.4 is 9.46 Å².